The van der Waals surface area contributed by atoms with E-state index in [9.17, 15) is 40.2 Å². The van der Waals surface area contributed by atoms with Gasteiger partial charge in [0.1, 0.15) is 48.0 Å². The van der Waals surface area contributed by atoms with Crippen molar-refractivity contribution in [2.75, 3.05) is 6.61 Å². The number of aliphatic hydroxyl groups excluding tert-OH is 4. The molecule has 6 N–H and O–H groups in total. The zero-order valence-electron chi connectivity index (χ0n) is 21.2. The fourth-order valence-electron chi connectivity index (χ4n) is 5.20. The van der Waals surface area contributed by atoms with Gasteiger partial charge in [-0.15, -0.1) is 0 Å². The number of aliphatic hydroxyl groups is 5. The summed E-state index contributed by atoms with van der Waals surface area (Å²) >= 11 is 0. The number of carbonyl (C=O) groups excluding carboxylic acids is 2. The molecule has 1 saturated heterocycles. The highest BCUT2D eigenvalue weighted by molar-refractivity contribution is 5.87. The molecule has 13 nitrogen and oxygen atoms in total. The molecular formula is C26H32O13. The summed E-state index contributed by atoms with van der Waals surface area (Å²) in [5.74, 6) is -2.57. The first-order valence-electron chi connectivity index (χ1n) is 12.3. The van der Waals surface area contributed by atoms with Crippen LogP contribution in [-0.4, -0.2) is 103 Å². The molecule has 39 heavy (non-hydrogen) atoms. The Kier molecular flexibility index (Phi) is 8.33. The monoisotopic (exact) mass is 552 g/mol. The summed E-state index contributed by atoms with van der Waals surface area (Å²) in [6.07, 6.45) is -6.24. The maximum Gasteiger partial charge on any atom is 0.330 e. The van der Waals surface area contributed by atoms with E-state index in [1.165, 1.54) is 38.1 Å². The number of aromatic hydroxyl groups is 1. The Hall–Kier alpha value is -3.04. The Balaban J connectivity index is 1.44. The third kappa shape index (κ3) is 5.94. The zero-order chi connectivity index (χ0) is 28.5. The molecule has 0 aromatic heterocycles. The minimum atomic E-state index is -1.91. The van der Waals surface area contributed by atoms with Gasteiger partial charge in [0.05, 0.1) is 18.3 Å². The van der Waals surface area contributed by atoms with Crippen LogP contribution in [0.25, 0.3) is 6.08 Å². The standard InChI is InChI=1S/C26H32O13/c1-13(27)39-25(2)11-17(29)26(34)9-10-35-24(22(25)26)38-23-21(33)20(32)19(31)16(37-23)12-36-18(30)8-5-14-3-6-15(28)7-4-14/h3-10,16-17,19-24,28-29,31-34H,11-12H2,1-2H3/b8-5+/t16-,17-,19-,20+,21-,22-,23+,24+,25+,26-/m1/s1. The summed E-state index contributed by atoms with van der Waals surface area (Å²) in [7, 11) is 0. The molecule has 1 aromatic carbocycles. The van der Waals surface area contributed by atoms with Crippen LogP contribution in [0, 0.1) is 5.92 Å². The zero-order valence-corrected chi connectivity index (χ0v) is 21.2. The number of rotatable bonds is 7. The number of fused-ring (bicyclic) bond motifs is 1. The van der Waals surface area contributed by atoms with Crippen molar-refractivity contribution in [3.05, 3.63) is 48.2 Å². The summed E-state index contributed by atoms with van der Waals surface area (Å²) in [5, 5.41) is 62.4. The van der Waals surface area contributed by atoms with Gasteiger partial charge >= 0.3 is 11.9 Å². The minimum absolute atomic E-state index is 0.0649. The molecule has 0 unspecified atom stereocenters. The van der Waals surface area contributed by atoms with Gasteiger partial charge in [-0.2, -0.15) is 0 Å². The molecule has 1 saturated carbocycles. The molecule has 0 spiro atoms. The smallest absolute Gasteiger partial charge is 0.330 e. The van der Waals surface area contributed by atoms with E-state index >= 15 is 0 Å². The van der Waals surface area contributed by atoms with E-state index in [1.54, 1.807) is 12.1 Å². The van der Waals surface area contributed by atoms with E-state index in [1.807, 2.05) is 0 Å². The number of ether oxygens (including phenoxy) is 5. The first kappa shape index (κ1) is 29.0. The Morgan fingerprint density at radius 2 is 1.77 bits per heavy atom. The molecule has 2 heterocycles. The minimum Gasteiger partial charge on any atom is -0.508 e. The molecular weight excluding hydrogens is 520 g/mol. The van der Waals surface area contributed by atoms with Gasteiger partial charge in [0, 0.05) is 19.4 Å². The Morgan fingerprint density at radius 3 is 2.44 bits per heavy atom. The third-order valence-corrected chi connectivity index (χ3v) is 7.12. The van der Waals surface area contributed by atoms with Crippen molar-refractivity contribution < 1.29 is 63.9 Å². The van der Waals surface area contributed by atoms with Crippen molar-refractivity contribution >= 4 is 18.0 Å². The van der Waals surface area contributed by atoms with E-state index in [-0.39, 0.29) is 12.2 Å². The number of phenols is 1. The van der Waals surface area contributed by atoms with Crippen LogP contribution in [0.3, 0.4) is 0 Å². The van der Waals surface area contributed by atoms with Crippen molar-refractivity contribution in [2.24, 2.45) is 5.92 Å². The van der Waals surface area contributed by atoms with Crippen LogP contribution in [0.2, 0.25) is 0 Å². The molecule has 4 rings (SSSR count). The van der Waals surface area contributed by atoms with Crippen LogP contribution < -0.4 is 0 Å². The van der Waals surface area contributed by atoms with Crippen LogP contribution in [0.1, 0.15) is 25.8 Å². The average molecular weight is 553 g/mol. The largest absolute Gasteiger partial charge is 0.508 e. The predicted octanol–water partition coefficient (Wildman–Crippen LogP) is -0.924. The van der Waals surface area contributed by atoms with Crippen molar-refractivity contribution in [3.8, 4) is 5.75 Å². The van der Waals surface area contributed by atoms with Crippen LogP contribution in [-0.2, 0) is 33.3 Å². The molecule has 1 aliphatic carbocycles. The molecule has 2 aliphatic heterocycles. The van der Waals surface area contributed by atoms with Gasteiger partial charge in [0.25, 0.3) is 0 Å². The maximum atomic E-state index is 12.2. The lowest BCUT2D eigenvalue weighted by Crippen LogP contribution is -2.62. The molecule has 13 heteroatoms. The normalized spacial score (nSPS) is 39.7. The SMILES string of the molecule is CC(=O)O[C@@]1(C)C[C@@H](O)[C@]2(O)C=CO[C@@H](O[C@@H]3O[C@H](COC(=O)/C=C/c4ccc(O)cc4)[C@@H](O)[C@H](O)[C@H]3O)[C@@H]21. The lowest BCUT2D eigenvalue weighted by atomic mass is 9.81. The summed E-state index contributed by atoms with van der Waals surface area (Å²) in [4.78, 5) is 23.9. The summed E-state index contributed by atoms with van der Waals surface area (Å²) in [6.45, 7) is 2.14. The fourth-order valence-corrected chi connectivity index (χ4v) is 5.20. The van der Waals surface area contributed by atoms with E-state index in [0.717, 1.165) is 12.3 Å². The fraction of sp³-hybridized carbons (Fsp3) is 0.538. The quantitative estimate of drug-likeness (QED) is 0.179. The summed E-state index contributed by atoms with van der Waals surface area (Å²) in [6, 6.07) is 6.04. The van der Waals surface area contributed by atoms with E-state index in [0.29, 0.717) is 5.56 Å². The summed E-state index contributed by atoms with van der Waals surface area (Å²) < 4.78 is 27.4. The van der Waals surface area contributed by atoms with Crippen LogP contribution in [0.4, 0.5) is 0 Å². The first-order valence-corrected chi connectivity index (χ1v) is 12.3. The van der Waals surface area contributed by atoms with Gasteiger partial charge in [-0.1, -0.05) is 12.1 Å². The number of hydrogen-bond acceptors (Lipinski definition) is 13. The number of carbonyl (C=O) groups is 2. The van der Waals surface area contributed by atoms with Gasteiger partial charge in [-0.3, -0.25) is 4.79 Å². The van der Waals surface area contributed by atoms with Gasteiger partial charge < -0.3 is 54.3 Å². The van der Waals surface area contributed by atoms with E-state index in [2.05, 4.69) is 0 Å². The second kappa shape index (κ2) is 11.2. The highest BCUT2D eigenvalue weighted by atomic mass is 16.8. The second-order valence-corrected chi connectivity index (χ2v) is 10.0. The van der Waals surface area contributed by atoms with Crippen molar-refractivity contribution in [1.82, 2.24) is 0 Å². The van der Waals surface area contributed by atoms with E-state index < -0.39 is 78.8 Å². The summed E-state index contributed by atoms with van der Waals surface area (Å²) in [5.41, 5.74) is -2.74. The molecule has 2 fully saturated rings. The van der Waals surface area contributed by atoms with Gasteiger partial charge in [0.2, 0.25) is 6.29 Å². The molecule has 10 atom stereocenters. The van der Waals surface area contributed by atoms with Gasteiger partial charge in [-0.25, -0.2) is 4.79 Å². The highest BCUT2D eigenvalue weighted by Crippen LogP contribution is 2.51. The number of hydrogen-bond donors (Lipinski definition) is 6. The molecule has 1 aromatic rings. The lowest BCUT2D eigenvalue weighted by molar-refractivity contribution is -0.351. The van der Waals surface area contributed by atoms with Crippen LogP contribution in [0.5, 0.6) is 5.75 Å². The Morgan fingerprint density at radius 1 is 1.08 bits per heavy atom. The number of benzene rings is 1. The van der Waals surface area contributed by atoms with Crippen molar-refractivity contribution in [1.29, 1.82) is 0 Å². The first-order chi connectivity index (χ1) is 18.3. The average Bonchev–Trinajstić information content (AvgIpc) is 3.07. The highest BCUT2D eigenvalue weighted by Gasteiger charge is 2.66. The number of phenolic OH excluding ortho intramolecular Hbond substituents is 1. The van der Waals surface area contributed by atoms with Gasteiger partial charge in [-0.05, 0) is 36.8 Å². The van der Waals surface area contributed by atoms with Crippen molar-refractivity contribution in [3.63, 3.8) is 0 Å². The number of esters is 2. The van der Waals surface area contributed by atoms with Crippen LogP contribution in [0.15, 0.2) is 42.7 Å². The molecule has 0 radical (unpaired) electrons. The predicted molar refractivity (Wildman–Crippen MR) is 129 cm³/mol. The maximum absolute atomic E-state index is 12.2. The topological polar surface area (TPSA) is 202 Å². The molecule has 214 valence electrons. The van der Waals surface area contributed by atoms with Gasteiger partial charge in [0.15, 0.2) is 6.29 Å². The molecule has 3 aliphatic rings. The Bertz CT molecular complexity index is 1100. The van der Waals surface area contributed by atoms with E-state index in [4.69, 9.17) is 23.7 Å². The third-order valence-electron chi connectivity index (χ3n) is 7.12. The Labute approximate surface area is 223 Å². The second-order valence-electron chi connectivity index (χ2n) is 10.0. The molecule has 0 bridgehead atoms. The van der Waals surface area contributed by atoms with Crippen molar-refractivity contribution in [2.45, 2.75) is 74.6 Å². The van der Waals surface area contributed by atoms with Crippen LogP contribution >= 0.6 is 0 Å². The lowest BCUT2D eigenvalue weighted by Gasteiger charge is -2.46. The molecule has 0 amide bonds.